The molecule has 0 atom stereocenters. The fourth-order valence-electron chi connectivity index (χ4n) is 1.76. The van der Waals surface area contributed by atoms with Crippen LogP contribution in [0.25, 0.3) is 0 Å². The first-order chi connectivity index (χ1) is 10.8. The highest BCUT2D eigenvalue weighted by Crippen LogP contribution is 2.19. The number of rotatable bonds is 3. The predicted molar refractivity (Wildman–Crippen MR) is 81.0 cm³/mol. The predicted octanol–water partition coefficient (Wildman–Crippen LogP) is 3.77. The summed E-state index contributed by atoms with van der Waals surface area (Å²) in [6, 6.07) is 7.15. The Bertz CT molecular complexity index is 727. The fraction of sp³-hybridized carbons (Fsp3) is 0.176. The van der Waals surface area contributed by atoms with Gasteiger partial charge in [-0.1, -0.05) is 0 Å². The topological polar surface area (TPSA) is 63.6 Å². The second-order valence-electron chi connectivity index (χ2n) is 4.62. The van der Waals surface area contributed by atoms with Crippen LogP contribution in [-0.4, -0.2) is 23.8 Å². The van der Waals surface area contributed by atoms with E-state index in [1.807, 2.05) is 0 Å². The van der Waals surface area contributed by atoms with Gasteiger partial charge in [0.05, 0.1) is 18.2 Å². The van der Waals surface area contributed by atoms with E-state index < -0.39 is 11.6 Å². The van der Waals surface area contributed by atoms with Crippen molar-refractivity contribution in [3.8, 4) is 11.5 Å². The van der Waals surface area contributed by atoms with E-state index in [9.17, 15) is 18.4 Å². The number of Topliss-reactive ketones (excluding diaryl/α,β-unsaturated/α-hetero) is 2. The third-order valence-corrected chi connectivity index (χ3v) is 2.88. The number of benzene rings is 2. The van der Waals surface area contributed by atoms with Gasteiger partial charge in [0.25, 0.3) is 0 Å². The first-order valence-corrected chi connectivity index (χ1v) is 6.60. The van der Waals surface area contributed by atoms with E-state index in [0.29, 0.717) is 5.56 Å². The van der Waals surface area contributed by atoms with Gasteiger partial charge in [0, 0.05) is 12.1 Å². The van der Waals surface area contributed by atoms with E-state index >= 15 is 0 Å². The lowest BCUT2D eigenvalue weighted by molar-refractivity contribution is 0.100. The third kappa shape index (κ3) is 5.18. The number of carbonyl (C=O) groups is 2. The molecule has 23 heavy (non-hydrogen) atoms. The summed E-state index contributed by atoms with van der Waals surface area (Å²) >= 11 is 0. The maximum absolute atomic E-state index is 12.6. The number of hydrogen-bond acceptors (Lipinski definition) is 4. The van der Waals surface area contributed by atoms with Crippen molar-refractivity contribution in [1.29, 1.82) is 0 Å². The Morgan fingerprint density at radius 1 is 0.913 bits per heavy atom. The first kappa shape index (κ1) is 18.3. The van der Waals surface area contributed by atoms with Gasteiger partial charge >= 0.3 is 0 Å². The second kappa shape index (κ2) is 8.03. The molecule has 0 heterocycles. The average Bonchev–Trinajstić information content (AvgIpc) is 2.46. The Kier molecular flexibility index (Phi) is 6.38. The van der Waals surface area contributed by atoms with Crippen molar-refractivity contribution < 1.29 is 28.2 Å². The molecule has 4 nitrogen and oxygen atoms in total. The molecule has 0 spiro atoms. The van der Waals surface area contributed by atoms with Crippen molar-refractivity contribution in [2.75, 3.05) is 7.11 Å². The summed E-state index contributed by atoms with van der Waals surface area (Å²) in [6.45, 7) is 2.72. The standard InChI is InChI=1S/C9H9FO2.C8H7FO2/c1-6(11)8-4-3-7(10)5-9(8)12-2;1-5(10)7-3-2-6(9)4-8(7)11/h3-5H,1-2H3;2-4,11H,1H3. The monoisotopic (exact) mass is 322 g/mol. The molecule has 0 bridgehead atoms. The van der Waals surface area contributed by atoms with Gasteiger partial charge in [-0.15, -0.1) is 0 Å². The minimum absolute atomic E-state index is 0.133. The molecule has 0 aliphatic heterocycles. The molecule has 0 saturated carbocycles. The summed E-state index contributed by atoms with van der Waals surface area (Å²) in [5, 5.41) is 9.00. The highest BCUT2D eigenvalue weighted by Gasteiger charge is 2.08. The zero-order valence-electron chi connectivity index (χ0n) is 12.9. The fourth-order valence-corrected chi connectivity index (χ4v) is 1.76. The van der Waals surface area contributed by atoms with Crippen molar-refractivity contribution in [2.45, 2.75) is 13.8 Å². The zero-order chi connectivity index (χ0) is 17.6. The molecule has 0 saturated heterocycles. The van der Waals surface area contributed by atoms with Crippen molar-refractivity contribution in [3.63, 3.8) is 0 Å². The molecule has 0 aliphatic rings. The van der Waals surface area contributed by atoms with Gasteiger partial charge in [0.1, 0.15) is 23.1 Å². The third-order valence-electron chi connectivity index (χ3n) is 2.88. The molecular weight excluding hydrogens is 306 g/mol. The number of phenols is 1. The van der Waals surface area contributed by atoms with E-state index in [4.69, 9.17) is 9.84 Å². The highest BCUT2D eigenvalue weighted by atomic mass is 19.1. The van der Waals surface area contributed by atoms with Crippen LogP contribution in [0.4, 0.5) is 8.78 Å². The van der Waals surface area contributed by atoms with E-state index in [2.05, 4.69) is 0 Å². The molecule has 0 fully saturated rings. The number of halogens is 2. The zero-order valence-corrected chi connectivity index (χ0v) is 12.9. The maximum atomic E-state index is 12.6. The Morgan fingerprint density at radius 2 is 1.39 bits per heavy atom. The maximum Gasteiger partial charge on any atom is 0.163 e. The molecule has 2 rings (SSSR count). The van der Waals surface area contributed by atoms with Gasteiger partial charge in [-0.05, 0) is 38.1 Å². The van der Waals surface area contributed by atoms with Crippen molar-refractivity contribution in [3.05, 3.63) is 59.2 Å². The molecular formula is C17H16F2O4. The van der Waals surface area contributed by atoms with Crippen LogP contribution >= 0.6 is 0 Å². The first-order valence-electron chi connectivity index (χ1n) is 6.60. The van der Waals surface area contributed by atoms with E-state index in [-0.39, 0.29) is 28.6 Å². The van der Waals surface area contributed by atoms with Gasteiger partial charge in [-0.2, -0.15) is 0 Å². The summed E-state index contributed by atoms with van der Waals surface area (Å²) in [5.74, 6) is -1.39. The molecule has 0 aliphatic carbocycles. The summed E-state index contributed by atoms with van der Waals surface area (Å²) < 4.78 is 29.8. The summed E-state index contributed by atoms with van der Waals surface area (Å²) in [6.07, 6.45) is 0. The van der Waals surface area contributed by atoms with Crippen LogP contribution in [0.15, 0.2) is 36.4 Å². The van der Waals surface area contributed by atoms with Gasteiger partial charge in [0.15, 0.2) is 11.6 Å². The number of ether oxygens (including phenoxy) is 1. The smallest absolute Gasteiger partial charge is 0.163 e. The van der Waals surface area contributed by atoms with Gasteiger partial charge < -0.3 is 9.84 Å². The van der Waals surface area contributed by atoms with Crippen LogP contribution in [-0.2, 0) is 0 Å². The average molecular weight is 322 g/mol. The molecule has 122 valence electrons. The molecule has 2 aromatic rings. The number of phenolic OH excluding ortho intramolecular Hbond substituents is 1. The van der Waals surface area contributed by atoms with Crippen molar-refractivity contribution in [2.24, 2.45) is 0 Å². The van der Waals surface area contributed by atoms with E-state index in [0.717, 1.165) is 12.1 Å². The molecule has 6 heteroatoms. The van der Waals surface area contributed by atoms with E-state index in [1.54, 1.807) is 0 Å². The normalized spacial score (nSPS) is 9.61. The largest absolute Gasteiger partial charge is 0.507 e. The van der Waals surface area contributed by atoms with Crippen LogP contribution in [0.5, 0.6) is 11.5 Å². The lowest BCUT2D eigenvalue weighted by Crippen LogP contribution is -1.97. The van der Waals surface area contributed by atoms with E-state index in [1.165, 1.54) is 45.2 Å². The Labute approximate surface area is 132 Å². The molecule has 0 aromatic heterocycles. The van der Waals surface area contributed by atoms with Crippen LogP contribution in [0.1, 0.15) is 34.6 Å². The van der Waals surface area contributed by atoms with Gasteiger partial charge in [-0.25, -0.2) is 8.78 Å². The molecule has 0 unspecified atom stereocenters. The van der Waals surface area contributed by atoms with Crippen LogP contribution < -0.4 is 4.74 Å². The number of methoxy groups -OCH3 is 1. The molecule has 2 aromatic carbocycles. The number of hydrogen-bond donors (Lipinski definition) is 1. The van der Waals surface area contributed by atoms with Crippen molar-refractivity contribution >= 4 is 11.6 Å². The summed E-state index contributed by atoms with van der Waals surface area (Å²) in [4.78, 5) is 21.6. The quantitative estimate of drug-likeness (QED) is 0.874. The molecule has 0 amide bonds. The second-order valence-corrected chi connectivity index (χ2v) is 4.62. The van der Waals surface area contributed by atoms with Crippen LogP contribution in [0.2, 0.25) is 0 Å². The molecule has 0 radical (unpaired) electrons. The highest BCUT2D eigenvalue weighted by molar-refractivity contribution is 5.97. The Morgan fingerprint density at radius 3 is 1.83 bits per heavy atom. The molecule has 1 N–H and O–H groups in total. The summed E-state index contributed by atoms with van der Waals surface area (Å²) in [7, 11) is 1.40. The number of aromatic hydroxyl groups is 1. The van der Waals surface area contributed by atoms with Crippen LogP contribution in [0, 0.1) is 11.6 Å². The van der Waals surface area contributed by atoms with Crippen LogP contribution in [0.3, 0.4) is 0 Å². The summed E-state index contributed by atoms with van der Waals surface area (Å²) in [5.41, 5.74) is 0.547. The van der Waals surface area contributed by atoms with Gasteiger partial charge in [-0.3, -0.25) is 9.59 Å². The lowest BCUT2D eigenvalue weighted by atomic mass is 10.1. The Balaban J connectivity index is 0.000000231. The SMILES string of the molecule is CC(=O)c1ccc(F)cc1O.COc1cc(F)ccc1C(C)=O. The Hall–Kier alpha value is -2.76. The number of ketones is 2. The number of carbonyl (C=O) groups excluding carboxylic acids is 2. The lowest BCUT2D eigenvalue weighted by Gasteiger charge is -2.04. The minimum atomic E-state index is -0.549. The van der Waals surface area contributed by atoms with Crippen molar-refractivity contribution in [1.82, 2.24) is 0 Å². The minimum Gasteiger partial charge on any atom is -0.507 e. The van der Waals surface area contributed by atoms with Gasteiger partial charge in [0.2, 0.25) is 0 Å².